The zero-order valence-electron chi connectivity index (χ0n) is 11.9. The number of amides is 1. The summed E-state index contributed by atoms with van der Waals surface area (Å²) in [6.07, 6.45) is 3.00. The van der Waals surface area contributed by atoms with Gasteiger partial charge in [-0.1, -0.05) is 0 Å². The third kappa shape index (κ3) is 3.66. The molecule has 1 aromatic heterocycles. The fourth-order valence-corrected chi connectivity index (χ4v) is 2.56. The fraction of sp³-hybridized carbons (Fsp3) is 0.643. The molecule has 2 rings (SSSR count). The van der Waals surface area contributed by atoms with Crippen molar-refractivity contribution in [1.29, 1.82) is 0 Å². The topological polar surface area (TPSA) is 58.1 Å². The van der Waals surface area contributed by atoms with Crippen molar-refractivity contribution in [2.75, 3.05) is 25.5 Å². The lowest BCUT2D eigenvalue weighted by Crippen LogP contribution is -2.37. The van der Waals surface area contributed by atoms with Crippen molar-refractivity contribution in [3.05, 3.63) is 17.6 Å². The van der Waals surface area contributed by atoms with Gasteiger partial charge < -0.3 is 10.2 Å². The third-order valence-corrected chi connectivity index (χ3v) is 3.69. The second-order valence-corrected chi connectivity index (χ2v) is 5.21. The van der Waals surface area contributed by atoms with Crippen LogP contribution in [0.2, 0.25) is 0 Å². The minimum atomic E-state index is 0.183. The average Bonchev–Trinajstić information content (AvgIpc) is 2.38. The lowest BCUT2D eigenvalue weighted by molar-refractivity contribution is -0.130. The maximum atomic E-state index is 11.3. The average molecular weight is 262 g/mol. The Balaban J connectivity index is 1.95. The Bertz CT molecular complexity index is 453. The first-order valence-corrected chi connectivity index (χ1v) is 6.86. The van der Waals surface area contributed by atoms with E-state index in [0.29, 0.717) is 5.92 Å². The molecule has 0 saturated carbocycles. The second-order valence-electron chi connectivity index (χ2n) is 5.21. The second kappa shape index (κ2) is 5.99. The lowest BCUT2D eigenvalue weighted by atomic mass is 9.93. The maximum absolute atomic E-state index is 11.3. The molecule has 0 atom stereocenters. The summed E-state index contributed by atoms with van der Waals surface area (Å²) in [5.41, 5.74) is 0.996. The molecule has 2 heterocycles. The van der Waals surface area contributed by atoms with Gasteiger partial charge in [-0.15, -0.1) is 0 Å². The molecule has 0 aromatic carbocycles. The number of aromatic nitrogens is 2. The zero-order valence-corrected chi connectivity index (χ0v) is 11.9. The highest BCUT2D eigenvalue weighted by atomic mass is 16.2. The van der Waals surface area contributed by atoms with Gasteiger partial charge in [-0.25, -0.2) is 9.97 Å². The zero-order chi connectivity index (χ0) is 13.8. The van der Waals surface area contributed by atoms with E-state index in [9.17, 15) is 4.79 Å². The molecule has 0 unspecified atom stereocenters. The molecule has 1 amide bonds. The van der Waals surface area contributed by atoms with Crippen molar-refractivity contribution in [3.63, 3.8) is 0 Å². The van der Waals surface area contributed by atoms with Crippen molar-refractivity contribution in [2.45, 2.75) is 33.1 Å². The summed E-state index contributed by atoms with van der Waals surface area (Å²) in [7, 11) is 1.87. The van der Waals surface area contributed by atoms with Crippen LogP contribution < -0.4 is 5.32 Å². The van der Waals surface area contributed by atoms with Crippen LogP contribution >= 0.6 is 0 Å². The number of piperidine rings is 1. The molecule has 0 radical (unpaired) electrons. The van der Waals surface area contributed by atoms with Crippen LogP contribution in [0.5, 0.6) is 0 Å². The van der Waals surface area contributed by atoms with Gasteiger partial charge in [0.2, 0.25) is 5.91 Å². The van der Waals surface area contributed by atoms with Gasteiger partial charge in [0.05, 0.1) is 0 Å². The number of rotatable bonds is 3. The molecule has 104 valence electrons. The Hall–Kier alpha value is -1.65. The molecule has 1 aromatic rings. The number of nitrogens with zero attached hydrogens (tertiary/aromatic N) is 3. The van der Waals surface area contributed by atoms with E-state index in [1.807, 2.05) is 24.9 Å². The largest absolute Gasteiger partial charge is 0.373 e. The molecule has 1 fully saturated rings. The molecular weight excluding hydrogens is 240 g/mol. The van der Waals surface area contributed by atoms with Gasteiger partial charge in [-0.2, -0.15) is 0 Å². The number of carbonyl (C=O) groups excluding carboxylic acids is 1. The highest BCUT2D eigenvalue weighted by Gasteiger charge is 2.21. The van der Waals surface area contributed by atoms with E-state index in [2.05, 4.69) is 15.3 Å². The summed E-state index contributed by atoms with van der Waals surface area (Å²) in [6.45, 7) is 5.36. The predicted molar refractivity (Wildman–Crippen MR) is 75.0 cm³/mol. The monoisotopic (exact) mass is 262 g/mol. The van der Waals surface area contributed by atoms with Crippen LogP contribution in [-0.4, -0.2) is 40.9 Å². The summed E-state index contributed by atoms with van der Waals surface area (Å²) in [6, 6.07) is 1.95. The first-order chi connectivity index (χ1) is 9.08. The summed E-state index contributed by atoms with van der Waals surface area (Å²) >= 11 is 0. The molecular formula is C14H22N4O. The van der Waals surface area contributed by atoms with Crippen molar-refractivity contribution >= 4 is 11.7 Å². The molecule has 0 aliphatic carbocycles. The third-order valence-electron chi connectivity index (χ3n) is 3.69. The minimum absolute atomic E-state index is 0.183. The van der Waals surface area contributed by atoms with Crippen LogP contribution in [0.1, 0.15) is 31.3 Å². The minimum Gasteiger partial charge on any atom is -0.373 e. The van der Waals surface area contributed by atoms with Crippen molar-refractivity contribution in [3.8, 4) is 0 Å². The Kier molecular flexibility index (Phi) is 4.35. The number of aryl methyl sites for hydroxylation is 1. The van der Waals surface area contributed by atoms with Crippen LogP contribution in [-0.2, 0) is 11.2 Å². The first kappa shape index (κ1) is 13.8. The molecule has 5 nitrogen and oxygen atoms in total. The Morgan fingerprint density at radius 2 is 2.11 bits per heavy atom. The van der Waals surface area contributed by atoms with E-state index < -0.39 is 0 Å². The molecule has 1 aliphatic heterocycles. The normalized spacial score (nSPS) is 16.5. The number of carbonyl (C=O) groups is 1. The Labute approximate surface area is 114 Å². The van der Waals surface area contributed by atoms with Crippen LogP contribution in [0.4, 0.5) is 5.82 Å². The van der Waals surface area contributed by atoms with Crippen molar-refractivity contribution in [1.82, 2.24) is 14.9 Å². The van der Waals surface area contributed by atoms with Gasteiger partial charge in [0, 0.05) is 45.2 Å². The SMILES string of the molecule is CNc1cc(C)nc(CC2CCN(C(C)=O)CC2)n1. The van der Waals surface area contributed by atoms with Crippen molar-refractivity contribution in [2.24, 2.45) is 5.92 Å². The predicted octanol–water partition coefficient (Wildman–Crippen LogP) is 1.63. The molecule has 5 heteroatoms. The van der Waals surface area contributed by atoms with Crippen LogP contribution in [0, 0.1) is 12.8 Å². The number of nitrogens with one attached hydrogen (secondary N) is 1. The number of likely N-dealkylation sites (tertiary alicyclic amines) is 1. The van der Waals surface area contributed by atoms with Gasteiger partial charge in [0.1, 0.15) is 11.6 Å². The molecule has 1 N–H and O–H groups in total. The van der Waals surface area contributed by atoms with Crippen LogP contribution in [0.15, 0.2) is 6.07 Å². The molecule has 19 heavy (non-hydrogen) atoms. The van der Waals surface area contributed by atoms with Crippen LogP contribution in [0.25, 0.3) is 0 Å². The summed E-state index contributed by atoms with van der Waals surface area (Å²) in [4.78, 5) is 22.2. The van der Waals surface area contributed by atoms with E-state index in [4.69, 9.17) is 0 Å². The Morgan fingerprint density at radius 3 is 2.68 bits per heavy atom. The van der Waals surface area contributed by atoms with Gasteiger partial charge >= 0.3 is 0 Å². The molecule has 0 bridgehead atoms. The van der Waals surface area contributed by atoms with Crippen molar-refractivity contribution < 1.29 is 4.79 Å². The van der Waals surface area contributed by atoms with Gasteiger partial charge in [-0.3, -0.25) is 4.79 Å². The van der Waals surface area contributed by atoms with Gasteiger partial charge in [-0.05, 0) is 25.7 Å². The number of hydrogen-bond donors (Lipinski definition) is 1. The smallest absolute Gasteiger partial charge is 0.219 e. The van der Waals surface area contributed by atoms with E-state index in [0.717, 1.165) is 49.7 Å². The standard InChI is InChI=1S/C14H22N4O/c1-10-8-13(15-3)17-14(16-10)9-12-4-6-18(7-5-12)11(2)19/h8,12H,4-7,9H2,1-3H3,(H,15,16,17). The quantitative estimate of drug-likeness (QED) is 0.899. The molecule has 0 spiro atoms. The molecule has 1 saturated heterocycles. The van der Waals surface area contributed by atoms with Gasteiger partial charge in [0.25, 0.3) is 0 Å². The highest BCUT2D eigenvalue weighted by molar-refractivity contribution is 5.73. The van der Waals surface area contributed by atoms with E-state index in [-0.39, 0.29) is 5.91 Å². The van der Waals surface area contributed by atoms with Crippen LogP contribution in [0.3, 0.4) is 0 Å². The van der Waals surface area contributed by atoms with Gasteiger partial charge in [0.15, 0.2) is 0 Å². The highest BCUT2D eigenvalue weighted by Crippen LogP contribution is 2.21. The van der Waals surface area contributed by atoms with E-state index in [1.54, 1.807) is 6.92 Å². The number of hydrogen-bond acceptors (Lipinski definition) is 4. The molecule has 1 aliphatic rings. The Morgan fingerprint density at radius 1 is 1.42 bits per heavy atom. The summed E-state index contributed by atoms with van der Waals surface area (Å²) in [5.74, 6) is 2.55. The number of anilines is 1. The van der Waals surface area contributed by atoms with E-state index >= 15 is 0 Å². The summed E-state index contributed by atoms with van der Waals surface area (Å²) in [5, 5.41) is 3.06. The first-order valence-electron chi connectivity index (χ1n) is 6.86. The maximum Gasteiger partial charge on any atom is 0.219 e. The fourth-order valence-electron chi connectivity index (χ4n) is 2.56. The lowest BCUT2D eigenvalue weighted by Gasteiger charge is -2.31. The summed E-state index contributed by atoms with van der Waals surface area (Å²) < 4.78 is 0. The van der Waals surface area contributed by atoms with E-state index in [1.165, 1.54) is 0 Å².